The number of rotatable bonds is 3. The van der Waals surface area contributed by atoms with Crippen molar-refractivity contribution in [2.75, 3.05) is 6.54 Å². The van der Waals surface area contributed by atoms with Crippen molar-refractivity contribution in [1.29, 1.82) is 0 Å². The molecule has 98 valence electrons. The molecule has 1 N–H and O–H groups in total. The zero-order valence-corrected chi connectivity index (χ0v) is 11.6. The van der Waals surface area contributed by atoms with Gasteiger partial charge in [-0.25, -0.2) is 0 Å². The molecule has 1 fully saturated rings. The van der Waals surface area contributed by atoms with Gasteiger partial charge in [0.15, 0.2) is 0 Å². The van der Waals surface area contributed by atoms with Gasteiger partial charge in [-0.2, -0.15) is 0 Å². The molecule has 1 aliphatic rings. The van der Waals surface area contributed by atoms with E-state index >= 15 is 0 Å². The van der Waals surface area contributed by atoms with Crippen LogP contribution in [0, 0.1) is 0 Å². The third kappa shape index (κ3) is 2.63. The Balaban J connectivity index is 2.25. The van der Waals surface area contributed by atoms with E-state index < -0.39 is 12.0 Å². The maximum atomic E-state index is 11.2. The predicted molar refractivity (Wildman–Crippen MR) is 72.2 cm³/mol. The second-order valence-corrected chi connectivity index (χ2v) is 5.42. The van der Waals surface area contributed by atoms with E-state index in [9.17, 15) is 9.90 Å². The molecule has 18 heavy (non-hydrogen) atoms. The summed E-state index contributed by atoms with van der Waals surface area (Å²) in [5, 5.41) is 10.4. The number of carboxylic acids is 1. The average Bonchev–Trinajstić information content (AvgIpc) is 2.77. The van der Waals surface area contributed by atoms with Gasteiger partial charge in [-0.05, 0) is 44.0 Å². The number of nitrogens with zero attached hydrogens (tertiary/aromatic N) is 1. The van der Waals surface area contributed by atoms with Crippen molar-refractivity contribution in [3.8, 4) is 0 Å². The minimum Gasteiger partial charge on any atom is -0.480 e. The summed E-state index contributed by atoms with van der Waals surface area (Å²) < 4.78 is 0. The van der Waals surface area contributed by atoms with Crippen LogP contribution in [0.3, 0.4) is 0 Å². The van der Waals surface area contributed by atoms with Gasteiger partial charge < -0.3 is 5.11 Å². The topological polar surface area (TPSA) is 40.5 Å². The van der Waals surface area contributed by atoms with Gasteiger partial charge in [-0.1, -0.05) is 29.3 Å². The minimum absolute atomic E-state index is 0.0154. The van der Waals surface area contributed by atoms with Crippen LogP contribution in [-0.4, -0.2) is 28.6 Å². The maximum absolute atomic E-state index is 11.2. The average molecular weight is 288 g/mol. The highest BCUT2D eigenvalue weighted by Gasteiger charge is 2.34. The highest BCUT2D eigenvalue weighted by molar-refractivity contribution is 6.35. The Labute approximate surface area is 116 Å². The molecule has 0 amide bonds. The zero-order valence-electron chi connectivity index (χ0n) is 10.1. The highest BCUT2D eigenvalue weighted by atomic mass is 35.5. The molecule has 1 aromatic carbocycles. The molecule has 0 spiro atoms. The zero-order chi connectivity index (χ0) is 13.3. The summed E-state index contributed by atoms with van der Waals surface area (Å²) in [4.78, 5) is 13.2. The third-order valence-corrected chi connectivity index (χ3v) is 4.05. The van der Waals surface area contributed by atoms with Crippen LogP contribution in [0.5, 0.6) is 0 Å². The molecule has 5 heteroatoms. The normalized spacial score (nSPS) is 22.1. The molecular weight excluding hydrogens is 273 g/mol. The van der Waals surface area contributed by atoms with Crippen LogP contribution < -0.4 is 0 Å². The van der Waals surface area contributed by atoms with E-state index in [4.69, 9.17) is 23.2 Å². The predicted octanol–water partition coefficient (Wildman–Crippen LogP) is 3.60. The second kappa shape index (κ2) is 5.47. The molecule has 0 saturated carbocycles. The van der Waals surface area contributed by atoms with Gasteiger partial charge in [-0.3, -0.25) is 9.69 Å². The monoisotopic (exact) mass is 287 g/mol. The van der Waals surface area contributed by atoms with Gasteiger partial charge in [0.2, 0.25) is 0 Å². The summed E-state index contributed by atoms with van der Waals surface area (Å²) in [6, 6.07) is 4.92. The lowest BCUT2D eigenvalue weighted by Gasteiger charge is -2.29. The first-order valence-electron chi connectivity index (χ1n) is 5.94. The van der Waals surface area contributed by atoms with Crippen LogP contribution in [0.1, 0.15) is 31.4 Å². The van der Waals surface area contributed by atoms with E-state index in [0.717, 1.165) is 18.5 Å². The van der Waals surface area contributed by atoms with E-state index in [-0.39, 0.29) is 6.04 Å². The molecule has 1 unspecified atom stereocenters. The number of hydrogen-bond acceptors (Lipinski definition) is 2. The Hall–Kier alpha value is -0.770. The van der Waals surface area contributed by atoms with Crippen LogP contribution in [0.4, 0.5) is 0 Å². The summed E-state index contributed by atoms with van der Waals surface area (Å²) in [5.74, 6) is -0.760. The van der Waals surface area contributed by atoms with Crippen LogP contribution in [-0.2, 0) is 4.79 Å². The molecule has 0 bridgehead atoms. The Morgan fingerprint density at radius 3 is 2.83 bits per heavy atom. The molecule has 0 aromatic heterocycles. The van der Waals surface area contributed by atoms with Gasteiger partial charge in [0, 0.05) is 16.1 Å². The SMILES string of the molecule is CC(c1ccc(Cl)cc1Cl)N1CCC[C@H]1C(=O)O. The van der Waals surface area contributed by atoms with Crippen LogP contribution in [0.25, 0.3) is 0 Å². The fourth-order valence-corrected chi connectivity index (χ4v) is 3.10. The van der Waals surface area contributed by atoms with Crippen molar-refractivity contribution in [3.05, 3.63) is 33.8 Å². The van der Waals surface area contributed by atoms with Crippen molar-refractivity contribution >= 4 is 29.2 Å². The van der Waals surface area contributed by atoms with Crippen LogP contribution in [0.15, 0.2) is 18.2 Å². The molecule has 3 nitrogen and oxygen atoms in total. The van der Waals surface area contributed by atoms with Gasteiger partial charge in [0.05, 0.1) is 0 Å². The number of halogens is 2. The summed E-state index contributed by atoms with van der Waals surface area (Å²) in [6.07, 6.45) is 1.61. The highest BCUT2D eigenvalue weighted by Crippen LogP contribution is 2.34. The Bertz CT molecular complexity index is 464. The summed E-state index contributed by atoms with van der Waals surface area (Å²) in [6.45, 7) is 2.77. The van der Waals surface area contributed by atoms with Crippen LogP contribution >= 0.6 is 23.2 Å². The summed E-state index contributed by atoms with van der Waals surface area (Å²) in [7, 11) is 0. The number of aliphatic carboxylic acids is 1. The lowest BCUT2D eigenvalue weighted by molar-refractivity contribution is -0.142. The quantitative estimate of drug-likeness (QED) is 0.923. The first-order chi connectivity index (χ1) is 8.50. The molecule has 1 saturated heterocycles. The van der Waals surface area contributed by atoms with Gasteiger partial charge in [0.1, 0.15) is 6.04 Å². The summed E-state index contributed by atoms with van der Waals surface area (Å²) >= 11 is 12.0. The number of benzene rings is 1. The minimum atomic E-state index is -0.760. The molecular formula is C13H15Cl2NO2. The van der Waals surface area contributed by atoms with E-state index in [1.807, 2.05) is 17.9 Å². The van der Waals surface area contributed by atoms with E-state index in [0.29, 0.717) is 16.5 Å². The van der Waals surface area contributed by atoms with Crippen molar-refractivity contribution in [2.45, 2.75) is 31.8 Å². The maximum Gasteiger partial charge on any atom is 0.320 e. The standard InChI is InChI=1S/C13H15Cl2NO2/c1-8(10-5-4-9(14)7-11(10)15)16-6-2-3-12(16)13(17)18/h4-5,7-8,12H,2-3,6H2,1H3,(H,17,18)/t8?,12-/m0/s1. The number of hydrogen-bond donors (Lipinski definition) is 1. The molecule has 2 rings (SSSR count). The van der Waals surface area contributed by atoms with E-state index in [1.54, 1.807) is 12.1 Å². The van der Waals surface area contributed by atoms with Gasteiger partial charge >= 0.3 is 5.97 Å². The first-order valence-corrected chi connectivity index (χ1v) is 6.70. The summed E-state index contributed by atoms with van der Waals surface area (Å²) in [5.41, 5.74) is 0.925. The molecule has 1 aromatic rings. The second-order valence-electron chi connectivity index (χ2n) is 4.58. The lowest BCUT2D eigenvalue weighted by atomic mass is 10.1. The Morgan fingerprint density at radius 2 is 2.22 bits per heavy atom. The lowest BCUT2D eigenvalue weighted by Crippen LogP contribution is -2.37. The third-order valence-electron chi connectivity index (χ3n) is 3.49. The van der Waals surface area contributed by atoms with E-state index in [2.05, 4.69) is 0 Å². The Morgan fingerprint density at radius 1 is 1.50 bits per heavy atom. The number of likely N-dealkylation sites (tertiary alicyclic amines) is 1. The van der Waals surface area contributed by atoms with E-state index in [1.165, 1.54) is 0 Å². The van der Waals surface area contributed by atoms with Crippen LogP contribution in [0.2, 0.25) is 10.0 Å². The number of carboxylic acid groups (broad SMARTS) is 1. The molecule has 2 atom stereocenters. The molecule has 0 aliphatic carbocycles. The van der Waals surface area contributed by atoms with Gasteiger partial charge in [0.25, 0.3) is 0 Å². The fourth-order valence-electron chi connectivity index (χ4n) is 2.54. The molecule has 0 radical (unpaired) electrons. The fraction of sp³-hybridized carbons (Fsp3) is 0.462. The van der Waals surface area contributed by atoms with Crippen molar-refractivity contribution in [2.24, 2.45) is 0 Å². The van der Waals surface area contributed by atoms with Crippen molar-refractivity contribution in [1.82, 2.24) is 4.90 Å². The smallest absolute Gasteiger partial charge is 0.320 e. The van der Waals surface area contributed by atoms with Crippen molar-refractivity contribution in [3.63, 3.8) is 0 Å². The van der Waals surface area contributed by atoms with Crippen molar-refractivity contribution < 1.29 is 9.90 Å². The molecule has 1 heterocycles. The Kier molecular flexibility index (Phi) is 4.15. The van der Waals surface area contributed by atoms with Gasteiger partial charge in [-0.15, -0.1) is 0 Å². The largest absolute Gasteiger partial charge is 0.480 e. The molecule has 1 aliphatic heterocycles. The number of carbonyl (C=O) groups is 1. The first kappa shape index (κ1) is 13.7.